The maximum atomic E-state index is 10.5. The highest BCUT2D eigenvalue weighted by Gasteiger charge is 2.46. The number of rotatable bonds is 2. The molecule has 5 aromatic carbocycles. The zero-order valence-electron chi connectivity index (χ0n) is 22.2. The summed E-state index contributed by atoms with van der Waals surface area (Å²) in [6.07, 6.45) is 0. The topological polar surface area (TPSA) is 60.7 Å². The van der Waals surface area contributed by atoms with Gasteiger partial charge in [-0.15, -0.1) is 0 Å². The summed E-state index contributed by atoms with van der Waals surface area (Å²) < 4.78 is 0. The number of hydrogen-bond donors (Lipinski definition) is 3. The molecule has 5 aromatic rings. The van der Waals surface area contributed by atoms with Crippen molar-refractivity contribution in [2.45, 2.75) is 33.1 Å². The molecule has 0 atom stereocenters. The Labute approximate surface area is 224 Å². The molecule has 0 bridgehead atoms. The average Bonchev–Trinajstić information content (AvgIpc) is 3.22. The molecule has 1 aliphatic rings. The third-order valence-corrected chi connectivity index (χ3v) is 7.56. The first-order valence-electron chi connectivity index (χ1n) is 12.8. The Morgan fingerprint density at radius 3 is 1.13 bits per heavy atom. The van der Waals surface area contributed by atoms with E-state index in [9.17, 15) is 10.2 Å². The molecule has 0 saturated heterocycles. The summed E-state index contributed by atoms with van der Waals surface area (Å²) in [5.74, 6) is 1.01. The molecule has 0 saturated carbocycles. The minimum absolute atomic E-state index is 0.322. The number of phenols is 3. The van der Waals surface area contributed by atoms with Gasteiger partial charge in [-0.05, 0) is 95.5 Å². The molecule has 0 amide bonds. The third-order valence-electron chi connectivity index (χ3n) is 7.56. The van der Waals surface area contributed by atoms with Crippen molar-refractivity contribution in [2.24, 2.45) is 0 Å². The van der Waals surface area contributed by atoms with Gasteiger partial charge in [-0.25, -0.2) is 0 Å². The summed E-state index contributed by atoms with van der Waals surface area (Å²) in [5.41, 5.74) is 10.1. The molecule has 0 unspecified atom stereocenters. The number of para-hydroxylation sites is 1. The first kappa shape index (κ1) is 25.2. The van der Waals surface area contributed by atoms with E-state index in [-0.39, 0.29) is 0 Å². The van der Waals surface area contributed by atoms with E-state index in [1.54, 1.807) is 24.3 Å². The minimum Gasteiger partial charge on any atom is -0.508 e. The third kappa shape index (κ3) is 4.01. The lowest BCUT2D eigenvalue weighted by atomic mass is 9.66. The Balaban J connectivity index is 0.000000366. The van der Waals surface area contributed by atoms with E-state index in [0.29, 0.717) is 17.2 Å². The Morgan fingerprint density at radius 2 is 0.789 bits per heavy atom. The van der Waals surface area contributed by atoms with Crippen LogP contribution in [-0.4, -0.2) is 15.3 Å². The van der Waals surface area contributed by atoms with Crippen molar-refractivity contribution in [3.05, 3.63) is 148 Å². The van der Waals surface area contributed by atoms with Crippen molar-refractivity contribution in [1.29, 1.82) is 0 Å². The van der Waals surface area contributed by atoms with Gasteiger partial charge in [-0.1, -0.05) is 91.0 Å². The van der Waals surface area contributed by atoms with Crippen LogP contribution in [0.1, 0.15) is 44.5 Å². The molecule has 0 radical (unpaired) electrons. The van der Waals surface area contributed by atoms with Crippen LogP contribution in [0.2, 0.25) is 0 Å². The second-order valence-corrected chi connectivity index (χ2v) is 10.1. The Hall–Kier alpha value is -4.50. The van der Waals surface area contributed by atoms with Gasteiger partial charge in [0.25, 0.3) is 0 Å². The Kier molecular flexibility index (Phi) is 6.46. The summed E-state index contributed by atoms with van der Waals surface area (Å²) in [6, 6.07) is 34.3. The fourth-order valence-corrected chi connectivity index (χ4v) is 5.80. The zero-order valence-corrected chi connectivity index (χ0v) is 22.2. The van der Waals surface area contributed by atoms with Crippen LogP contribution in [0.25, 0.3) is 11.1 Å². The van der Waals surface area contributed by atoms with E-state index < -0.39 is 5.41 Å². The molecule has 3 nitrogen and oxygen atoms in total. The molecular formula is C35H32O3. The fourth-order valence-electron chi connectivity index (χ4n) is 5.80. The predicted molar refractivity (Wildman–Crippen MR) is 154 cm³/mol. The summed E-state index contributed by atoms with van der Waals surface area (Å²) in [4.78, 5) is 0. The molecule has 0 spiro atoms. The number of aromatic hydroxyl groups is 3. The zero-order chi connectivity index (χ0) is 27.0. The smallest absolute Gasteiger partial charge is 0.121 e. The molecule has 3 heteroatoms. The molecule has 190 valence electrons. The highest BCUT2D eigenvalue weighted by atomic mass is 16.3. The Morgan fingerprint density at radius 1 is 0.447 bits per heavy atom. The van der Waals surface area contributed by atoms with Gasteiger partial charge in [0.05, 0.1) is 5.41 Å². The molecule has 6 rings (SSSR count). The number of hydrogen-bond acceptors (Lipinski definition) is 3. The van der Waals surface area contributed by atoms with Crippen LogP contribution < -0.4 is 0 Å². The standard InChI is InChI=1S/C29H26O2.C6H6O/c1-17-13-21(14-18(2)27(17)30)29(22-15-19(3)28(31)20(4)16-22)25-11-7-5-9-23(25)24-10-6-8-12-26(24)29;7-6-4-2-1-3-5-6/h5-16,30-31H,1-4H3;1-5,7H. The van der Waals surface area contributed by atoms with Crippen molar-refractivity contribution >= 4 is 0 Å². The lowest BCUT2D eigenvalue weighted by Gasteiger charge is -2.35. The van der Waals surface area contributed by atoms with E-state index >= 15 is 0 Å². The van der Waals surface area contributed by atoms with E-state index in [1.165, 1.54) is 22.3 Å². The highest BCUT2D eigenvalue weighted by molar-refractivity contribution is 5.86. The number of phenolic OH excluding ortho intramolecular Hbond substituents is 3. The fraction of sp³-hybridized carbons (Fsp3) is 0.143. The molecule has 1 aliphatic carbocycles. The summed E-state index contributed by atoms with van der Waals surface area (Å²) in [6.45, 7) is 7.83. The van der Waals surface area contributed by atoms with Crippen LogP contribution in [-0.2, 0) is 5.41 Å². The molecule has 3 N–H and O–H groups in total. The number of fused-ring (bicyclic) bond motifs is 3. The average molecular weight is 501 g/mol. The first-order valence-corrected chi connectivity index (χ1v) is 12.8. The van der Waals surface area contributed by atoms with Gasteiger partial charge >= 0.3 is 0 Å². The molecule has 0 aromatic heterocycles. The van der Waals surface area contributed by atoms with Crippen molar-refractivity contribution in [1.82, 2.24) is 0 Å². The van der Waals surface area contributed by atoms with Crippen LogP contribution in [0, 0.1) is 27.7 Å². The van der Waals surface area contributed by atoms with E-state index in [4.69, 9.17) is 5.11 Å². The lowest BCUT2D eigenvalue weighted by Crippen LogP contribution is -2.29. The van der Waals surface area contributed by atoms with Gasteiger partial charge in [0.2, 0.25) is 0 Å². The number of aryl methyl sites for hydroxylation is 4. The molecule has 38 heavy (non-hydrogen) atoms. The minimum atomic E-state index is -0.528. The largest absolute Gasteiger partial charge is 0.508 e. The van der Waals surface area contributed by atoms with Crippen LogP contribution in [0.4, 0.5) is 0 Å². The molecular weight excluding hydrogens is 468 g/mol. The van der Waals surface area contributed by atoms with Crippen LogP contribution in [0.3, 0.4) is 0 Å². The van der Waals surface area contributed by atoms with Crippen LogP contribution >= 0.6 is 0 Å². The van der Waals surface area contributed by atoms with Crippen LogP contribution in [0.15, 0.2) is 103 Å². The van der Waals surface area contributed by atoms with Gasteiger partial charge in [0, 0.05) is 0 Å². The first-order chi connectivity index (χ1) is 18.2. The van der Waals surface area contributed by atoms with Gasteiger partial charge in [0.1, 0.15) is 17.2 Å². The maximum Gasteiger partial charge on any atom is 0.121 e. The molecule has 0 aliphatic heterocycles. The van der Waals surface area contributed by atoms with Crippen molar-refractivity contribution < 1.29 is 15.3 Å². The van der Waals surface area contributed by atoms with Gasteiger partial charge in [0.15, 0.2) is 0 Å². The SMILES string of the molecule is Cc1cc(C2(c3cc(C)c(O)c(C)c3)c3ccccc3-c3ccccc32)cc(C)c1O.Oc1ccccc1. The summed E-state index contributed by atoms with van der Waals surface area (Å²) in [5, 5.41) is 29.7. The quantitative estimate of drug-likeness (QED) is 0.225. The second-order valence-electron chi connectivity index (χ2n) is 10.1. The second kappa shape index (κ2) is 9.75. The molecule has 0 fully saturated rings. The van der Waals surface area contributed by atoms with E-state index in [1.807, 2.05) is 33.8 Å². The normalized spacial score (nSPS) is 12.7. The van der Waals surface area contributed by atoms with Crippen molar-refractivity contribution in [3.63, 3.8) is 0 Å². The van der Waals surface area contributed by atoms with Crippen LogP contribution in [0.5, 0.6) is 17.2 Å². The van der Waals surface area contributed by atoms with E-state index in [2.05, 4.69) is 72.8 Å². The lowest BCUT2D eigenvalue weighted by molar-refractivity contribution is 0.466. The monoisotopic (exact) mass is 500 g/mol. The van der Waals surface area contributed by atoms with Gasteiger partial charge < -0.3 is 15.3 Å². The van der Waals surface area contributed by atoms with Gasteiger partial charge in [-0.2, -0.15) is 0 Å². The van der Waals surface area contributed by atoms with Gasteiger partial charge in [-0.3, -0.25) is 0 Å². The summed E-state index contributed by atoms with van der Waals surface area (Å²) in [7, 11) is 0. The molecule has 0 heterocycles. The van der Waals surface area contributed by atoms with E-state index in [0.717, 1.165) is 33.4 Å². The maximum absolute atomic E-state index is 10.5. The summed E-state index contributed by atoms with van der Waals surface area (Å²) >= 11 is 0. The Bertz CT molecular complexity index is 1480. The van der Waals surface area contributed by atoms with Crippen molar-refractivity contribution in [3.8, 4) is 28.4 Å². The highest BCUT2D eigenvalue weighted by Crippen LogP contribution is 2.57. The predicted octanol–water partition coefficient (Wildman–Crippen LogP) is 8.09. The van der Waals surface area contributed by atoms with Crippen molar-refractivity contribution in [2.75, 3.05) is 0 Å². The number of benzene rings is 5.